The summed E-state index contributed by atoms with van der Waals surface area (Å²) in [6.07, 6.45) is 7.77. The molecule has 1 aliphatic heterocycles. The second-order valence-electron chi connectivity index (χ2n) is 10.9. The van der Waals surface area contributed by atoms with Gasteiger partial charge in [0.1, 0.15) is 17.6 Å². The van der Waals surface area contributed by atoms with Crippen LogP contribution in [0.5, 0.6) is 0 Å². The highest BCUT2D eigenvalue weighted by atomic mass is 15.2. The van der Waals surface area contributed by atoms with Crippen molar-refractivity contribution in [3.05, 3.63) is 114 Å². The van der Waals surface area contributed by atoms with Gasteiger partial charge in [-0.05, 0) is 73.3 Å². The van der Waals surface area contributed by atoms with Gasteiger partial charge in [-0.2, -0.15) is 10.4 Å². The molecule has 0 atom stereocenters. The molecule has 8 nitrogen and oxygen atoms in total. The van der Waals surface area contributed by atoms with Crippen LogP contribution in [-0.2, 0) is 6.54 Å². The number of pyridine rings is 2. The van der Waals surface area contributed by atoms with E-state index in [4.69, 9.17) is 4.98 Å². The molecule has 0 amide bonds. The van der Waals surface area contributed by atoms with E-state index in [0.717, 1.165) is 71.9 Å². The van der Waals surface area contributed by atoms with Gasteiger partial charge in [0.05, 0.1) is 17.5 Å². The van der Waals surface area contributed by atoms with Crippen molar-refractivity contribution in [3.8, 4) is 40.0 Å². The van der Waals surface area contributed by atoms with Gasteiger partial charge >= 0.3 is 0 Å². The van der Waals surface area contributed by atoms with Gasteiger partial charge in [-0.1, -0.05) is 54.6 Å². The van der Waals surface area contributed by atoms with Crippen LogP contribution in [0.1, 0.15) is 41.3 Å². The fourth-order valence-corrected chi connectivity index (χ4v) is 5.84. The number of likely N-dealkylation sites (tertiary alicyclic amines) is 1. The second kappa shape index (κ2) is 11.0. The van der Waals surface area contributed by atoms with E-state index in [1.165, 1.54) is 5.56 Å². The Kier molecular flexibility index (Phi) is 6.78. The minimum Gasteiger partial charge on any atom is -0.299 e. The standard InChI is InChI=1S/C34H30N8/c1-23-8-13-30(36-20-23)33-38-32(39-40-33)26-14-17-41(18-15-26)22-24-9-11-25(12-10-24)28-6-2-3-7-29(28)31-21-37-34-27(19-35)5-4-16-42(31)34/h2-13,16,20-21,26H,14-15,17-18,22H2,1H3,(H,38,39,40). The van der Waals surface area contributed by atoms with Crippen molar-refractivity contribution >= 4 is 5.65 Å². The van der Waals surface area contributed by atoms with E-state index in [0.29, 0.717) is 23.0 Å². The fourth-order valence-electron chi connectivity index (χ4n) is 5.84. The highest BCUT2D eigenvalue weighted by Crippen LogP contribution is 2.33. The molecule has 0 aliphatic carbocycles. The van der Waals surface area contributed by atoms with E-state index in [2.05, 4.69) is 73.6 Å². The average molecular weight is 551 g/mol. The minimum atomic E-state index is 0.385. The van der Waals surface area contributed by atoms with Crippen LogP contribution < -0.4 is 0 Å². The molecule has 0 unspecified atom stereocenters. The normalized spacial score (nSPS) is 14.3. The highest BCUT2D eigenvalue weighted by Gasteiger charge is 2.24. The van der Waals surface area contributed by atoms with E-state index in [9.17, 15) is 5.26 Å². The maximum Gasteiger partial charge on any atom is 0.199 e. The number of aromatic amines is 1. The van der Waals surface area contributed by atoms with E-state index >= 15 is 0 Å². The van der Waals surface area contributed by atoms with Crippen LogP contribution in [0, 0.1) is 18.3 Å². The third-order valence-electron chi connectivity index (χ3n) is 8.15. The van der Waals surface area contributed by atoms with Crippen molar-refractivity contribution in [1.29, 1.82) is 5.26 Å². The van der Waals surface area contributed by atoms with Crippen molar-refractivity contribution in [2.45, 2.75) is 32.2 Å². The van der Waals surface area contributed by atoms with Crippen LogP contribution >= 0.6 is 0 Å². The third-order valence-corrected chi connectivity index (χ3v) is 8.15. The Morgan fingerprint density at radius 1 is 0.905 bits per heavy atom. The second-order valence-corrected chi connectivity index (χ2v) is 10.9. The summed E-state index contributed by atoms with van der Waals surface area (Å²) >= 11 is 0. The first-order chi connectivity index (χ1) is 20.7. The lowest BCUT2D eigenvalue weighted by molar-refractivity contribution is 0.202. The Bertz CT molecular complexity index is 1890. The molecular weight excluding hydrogens is 520 g/mol. The van der Waals surface area contributed by atoms with Crippen LogP contribution in [0.2, 0.25) is 0 Å². The van der Waals surface area contributed by atoms with Crippen molar-refractivity contribution in [2.75, 3.05) is 13.1 Å². The Labute approximate surface area is 244 Å². The number of aromatic nitrogens is 6. The summed E-state index contributed by atoms with van der Waals surface area (Å²) in [4.78, 5) is 16.3. The molecule has 0 spiro atoms. The predicted molar refractivity (Wildman–Crippen MR) is 162 cm³/mol. The molecular formula is C34H30N8. The molecule has 1 saturated heterocycles. The Morgan fingerprint density at radius 3 is 2.48 bits per heavy atom. The maximum atomic E-state index is 9.49. The summed E-state index contributed by atoms with van der Waals surface area (Å²) in [5, 5.41) is 17.1. The summed E-state index contributed by atoms with van der Waals surface area (Å²) in [5.41, 5.74) is 8.83. The summed E-state index contributed by atoms with van der Waals surface area (Å²) in [6, 6.07) is 27.2. The number of rotatable bonds is 6. The minimum absolute atomic E-state index is 0.385. The molecule has 1 fully saturated rings. The molecule has 1 N–H and O–H groups in total. The number of fused-ring (bicyclic) bond motifs is 1. The lowest BCUT2D eigenvalue weighted by atomic mass is 9.95. The molecule has 2 aromatic carbocycles. The number of nitrogens with one attached hydrogen (secondary N) is 1. The number of benzene rings is 2. The lowest BCUT2D eigenvalue weighted by Gasteiger charge is -2.31. The van der Waals surface area contributed by atoms with Crippen LogP contribution in [-0.4, -0.2) is 47.5 Å². The summed E-state index contributed by atoms with van der Waals surface area (Å²) < 4.78 is 1.99. The first-order valence-electron chi connectivity index (χ1n) is 14.3. The first-order valence-corrected chi connectivity index (χ1v) is 14.3. The van der Waals surface area contributed by atoms with Crippen molar-refractivity contribution in [2.24, 2.45) is 0 Å². The molecule has 0 saturated carbocycles. The fraction of sp³-hybridized carbons (Fsp3) is 0.206. The average Bonchev–Trinajstić information content (AvgIpc) is 3.71. The number of aryl methyl sites for hydroxylation is 1. The van der Waals surface area contributed by atoms with Crippen LogP contribution in [0.15, 0.2) is 91.4 Å². The molecule has 8 heteroatoms. The Morgan fingerprint density at radius 2 is 1.71 bits per heavy atom. The molecule has 5 heterocycles. The number of imidazole rings is 1. The van der Waals surface area contributed by atoms with E-state index in [1.807, 2.05) is 54.2 Å². The van der Waals surface area contributed by atoms with E-state index < -0.39 is 0 Å². The van der Waals surface area contributed by atoms with Gasteiger partial charge in [0.25, 0.3) is 0 Å². The van der Waals surface area contributed by atoms with Crippen molar-refractivity contribution in [3.63, 3.8) is 0 Å². The van der Waals surface area contributed by atoms with Crippen LogP contribution in [0.25, 0.3) is 39.5 Å². The van der Waals surface area contributed by atoms with Gasteiger partial charge < -0.3 is 0 Å². The van der Waals surface area contributed by atoms with E-state index in [-0.39, 0.29) is 0 Å². The summed E-state index contributed by atoms with van der Waals surface area (Å²) in [7, 11) is 0. The molecule has 206 valence electrons. The number of hydrogen-bond donors (Lipinski definition) is 1. The van der Waals surface area contributed by atoms with Gasteiger partial charge in [-0.25, -0.2) is 9.97 Å². The van der Waals surface area contributed by atoms with Crippen LogP contribution in [0.4, 0.5) is 0 Å². The molecule has 0 bridgehead atoms. The van der Waals surface area contributed by atoms with Gasteiger partial charge in [-0.3, -0.25) is 19.4 Å². The summed E-state index contributed by atoms with van der Waals surface area (Å²) in [5.74, 6) is 2.02. The molecule has 7 rings (SSSR count). The van der Waals surface area contributed by atoms with Gasteiger partial charge in [0, 0.05) is 30.4 Å². The summed E-state index contributed by atoms with van der Waals surface area (Å²) in [6.45, 7) is 4.99. The number of nitrogens with zero attached hydrogens (tertiary/aromatic N) is 7. The van der Waals surface area contributed by atoms with Crippen molar-refractivity contribution < 1.29 is 0 Å². The lowest BCUT2D eigenvalue weighted by Crippen LogP contribution is -2.32. The topological polar surface area (TPSA) is 98.8 Å². The maximum absolute atomic E-state index is 9.49. The molecule has 42 heavy (non-hydrogen) atoms. The Balaban J connectivity index is 1.02. The van der Waals surface area contributed by atoms with Gasteiger partial charge in [0.15, 0.2) is 11.5 Å². The quantitative estimate of drug-likeness (QED) is 0.257. The largest absolute Gasteiger partial charge is 0.299 e. The monoisotopic (exact) mass is 550 g/mol. The molecule has 0 radical (unpaired) electrons. The zero-order valence-electron chi connectivity index (χ0n) is 23.4. The smallest absolute Gasteiger partial charge is 0.199 e. The van der Waals surface area contributed by atoms with Gasteiger partial charge in [0.2, 0.25) is 0 Å². The SMILES string of the molecule is Cc1ccc(-c2n[nH]c(C3CCN(Cc4ccc(-c5ccccc5-c5cnc6c(C#N)cccn56)cc4)CC3)n2)nc1. The van der Waals surface area contributed by atoms with Gasteiger partial charge in [-0.15, -0.1) is 0 Å². The van der Waals surface area contributed by atoms with E-state index in [1.54, 1.807) is 6.07 Å². The third kappa shape index (κ3) is 4.95. The number of H-pyrrole nitrogens is 1. The zero-order valence-corrected chi connectivity index (χ0v) is 23.4. The predicted octanol–water partition coefficient (Wildman–Crippen LogP) is 6.41. The first kappa shape index (κ1) is 25.8. The molecule has 1 aliphatic rings. The molecule has 4 aromatic heterocycles. The zero-order chi connectivity index (χ0) is 28.5. The van der Waals surface area contributed by atoms with Crippen LogP contribution in [0.3, 0.4) is 0 Å². The Hall–Kier alpha value is -5.13. The number of nitriles is 1. The molecule has 6 aromatic rings. The van der Waals surface area contributed by atoms with Crippen molar-refractivity contribution in [1.82, 2.24) is 34.4 Å². The number of hydrogen-bond acceptors (Lipinski definition) is 6. The number of piperidine rings is 1. The highest BCUT2D eigenvalue weighted by molar-refractivity contribution is 5.83.